The van der Waals surface area contributed by atoms with E-state index in [1.165, 1.54) is 0 Å². The van der Waals surface area contributed by atoms with Crippen LogP contribution in [0.15, 0.2) is 16.9 Å². The number of nitrogens with one attached hydrogen (secondary N) is 2. The van der Waals surface area contributed by atoms with Crippen LogP contribution in [0.5, 0.6) is 0 Å². The maximum absolute atomic E-state index is 12.5. The quantitative estimate of drug-likeness (QED) is 0.772. The molecule has 0 aromatic carbocycles. The van der Waals surface area contributed by atoms with Crippen LogP contribution >= 0.6 is 0 Å². The minimum atomic E-state index is -4.68. The minimum Gasteiger partial charge on any atom is -0.392 e. The molecule has 1 aromatic heterocycles. The van der Waals surface area contributed by atoms with Crippen LogP contribution < -0.4 is 10.9 Å². The summed E-state index contributed by atoms with van der Waals surface area (Å²) in [5, 5.41) is 12.5. The van der Waals surface area contributed by atoms with Crippen LogP contribution in [-0.4, -0.2) is 28.6 Å². The number of alkyl halides is 3. The number of pyridine rings is 1. The first-order chi connectivity index (χ1) is 10.4. The van der Waals surface area contributed by atoms with Crippen molar-refractivity contribution in [2.75, 3.05) is 6.54 Å². The maximum Gasteiger partial charge on any atom is 0.431 e. The van der Waals surface area contributed by atoms with Gasteiger partial charge in [-0.2, -0.15) is 13.2 Å². The summed E-state index contributed by atoms with van der Waals surface area (Å²) in [6.45, 7) is 7.22. The van der Waals surface area contributed by atoms with Gasteiger partial charge >= 0.3 is 6.18 Å². The van der Waals surface area contributed by atoms with Crippen LogP contribution in [0.25, 0.3) is 0 Å². The number of carbonyl (C=O) groups is 1. The molecule has 0 aliphatic rings. The SMILES string of the molecule is CC(C)C(O)C(C)(C)CNC(=O)c1ccc(C(F)(F)F)[nH]c1=O. The third-order valence-electron chi connectivity index (χ3n) is 3.60. The molecule has 1 amide bonds. The number of amides is 1. The number of aromatic nitrogens is 1. The molecule has 1 aromatic rings. The lowest BCUT2D eigenvalue weighted by molar-refractivity contribution is -0.141. The Morgan fingerprint density at radius 2 is 1.87 bits per heavy atom. The molecule has 3 N–H and O–H groups in total. The molecule has 0 aliphatic carbocycles. The van der Waals surface area contributed by atoms with Crippen LogP contribution in [0.4, 0.5) is 13.2 Å². The highest BCUT2D eigenvalue weighted by Gasteiger charge is 2.33. The number of hydrogen-bond donors (Lipinski definition) is 3. The van der Waals surface area contributed by atoms with Crippen molar-refractivity contribution in [3.8, 4) is 0 Å². The zero-order valence-electron chi connectivity index (χ0n) is 13.4. The number of aliphatic hydroxyl groups is 1. The predicted molar refractivity (Wildman–Crippen MR) is 79.0 cm³/mol. The van der Waals surface area contributed by atoms with Crippen LogP contribution in [0.3, 0.4) is 0 Å². The van der Waals surface area contributed by atoms with E-state index >= 15 is 0 Å². The number of rotatable bonds is 5. The molecule has 1 unspecified atom stereocenters. The fourth-order valence-corrected chi connectivity index (χ4v) is 2.23. The summed E-state index contributed by atoms with van der Waals surface area (Å²) in [5.74, 6) is -0.819. The smallest absolute Gasteiger partial charge is 0.392 e. The van der Waals surface area contributed by atoms with Crippen LogP contribution in [0.1, 0.15) is 43.7 Å². The van der Waals surface area contributed by atoms with Gasteiger partial charge in [-0.3, -0.25) is 9.59 Å². The van der Waals surface area contributed by atoms with E-state index in [1.54, 1.807) is 18.8 Å². The monoisotopic (exact) mass is 334 g/mol. The normalized spacial score (nSPS) is 14.0. The van der Waals surface area contributed by atoms with Gasteiger partial charge in [0.15, 0.2) is 0 Å². The van der Waals surface area contributed by atoms with E-state index in [4.69, 9.17) is 0 Å². The molecule has 1 heterocycles. The first-order valence-electron chi connectivity index (χ1n) is 7.13. The van der Waals surface area contributed by atoms with E-state index < -0.39 is 40.4 Å². The van der Waals surface area contributed by atoms with Gasteiger partial charge in [-0.05, 0) is 18.1 Å². The summed E-state index contributed by atoms with van der Waals surface area (Å²) in [7, 11) is 0. The first-order valence-corrected chi connectivity index (χ1v) is 7.13. The Bertz CT molecular complexity index is 621. The summed E-state index contributed by atoms with van der Waals surface area (Å²) in [4.78, 5) is 25.2. The molecule has 1 atom stereocenters. The van der Waals surface area contributed by atoms with Gasteiger partial charge in [0.25, 0.3) is 11.5 Å². The number of aromatic amines is 1. The molecule has 1 rings (SSSR count). The third kappa shape index (κ3) is 4.82. The Hall–Kier alpha value is -1.83. The van der Waals surface area contributed by atoms with Gasteiger partial charge in [-0.15, -0.1) is 0 Å². The molecular weight excluding hydrogens is 313 g/mol. The number of carbonyl (C=O) groups excluding carboxylic acids is 1. The lowest BCUT2D eigenvalue weighted by atomic mass is 9.80. The zero-order chi connectivity index (χ0) is 18.0. The van der Waals surface area contributed by atoms with E-state index in [1.807, 2.05) is 13.8 Å². The number of halogens is 3. The molecule has 0 radical (unpaired) electrons. The van der Waals surface area contributed by atoms with E-state index in [0.717, 1.165) is 6.07 Å². The molecule has 0 saturated heterocycles. The fraction of sp³-hybridized carbons (Fsp3) is 0.600. The van der Waals surface area contributed by atoms with Crippen molar-refractivity contribution < 1.29 is 23.1 Å². The van der Waals surface area contributed by atoms with E-state index in [-0.39, 0.29) is 12.5 Å². The lowest BCUT2D eigenvalue weighted by Crippen LogP contribution is -2.44. The Morgan fingerprint density at radius 3 is 2.30 bits per heavy atom. The summed E-state index contributed by atoms with van der Waals surface area (Å²) >= 11 is 0. The average Bonchev–Trinajstić information content (AvgIpc) is 2.42. The summed E-state index contributed by atoms with van der Waals surface area (Å²) in [6, 6.07) is 1.48. The second-order valence-corrected chi connectivity index (χ2v) is 6.47. The van der Waals surface area contributed by atoms with Gasteiger partial charge in [0.05, 0.1) is 6.10 Å². The van der Waals surface area contributed by atoms with Crippen molar-refractivity contribution in [3.63, 3.8) is 0 Å². The standard InChI is InChI=1S/C15H21F3N2O3/c1-8(2)11(21)14(3,4)7-19-12(22)9-5-6-10(15(16,17)18)20-13(9)23/h5-6,8,11,21H,7H2,1-4H3,(H,19,22)(H,20,23). The predicted octanol–water partition coefficient (Wildman–Crippen LogP) is 2.17. The average molecular weight is 334 g/mol. The number of H-pyrrole nitrogens is 1. The minimum absolute atomic E-state index is 0.0311. The molecule has 0 bridgehead atoms. The Balaban J connectivity index is 2.86. The van der Waals surface area contributed by atoms with Crippen molar-refractivity contribution in [2.45, 2.75) is 40.0 Å². The molecule has 0 spiro atoms. The molecule has 0 saturated carbocycles. The summed E-state index contributed by atoms with van der Waals surface area (Å²) in [6.07, 6.45) is -5.37. The van der Waals surface area contributed by atoms with Crippen molar-refractivity contribution in [3.05, 3.63) is 33.7 Å². The van der Waals surface area contributed by atoms with Crippen LogP contribution in [-0.2, 0) is 6.18 Å². The van der Waals surface area contributed by atoms with Gasteiger partial charge in [0, 0.05) is 12.0 Å². The summed E-state index contributed by atoms with van der Waals surface area (Å²) < 4.78 is 37.4. The van der Waals surface area contributed by atoms with Crippen molar-refractivity contribution >= 4 is 5.91 Å². The number of hydrogen-bond acceptors (Lipinski definition) is 3. The van der Waals surface area contributed by atoms with Crippen molar-refractivity contribution in [2.24, 2.45) is 11.3 Å². The fourth-order valence-electron chi connectivity index (χ4n) is 2.23. The third-order valence-corrected chi connectivity index (χ3v) is 3.60. The summed E-state index contributed by atoms with van der Waals surface area (Å²) in [5.41, 5.74) is -3.38. The molecular formula is C15H21F3N2O3. The topological polar surface area (TPSA) is 82.2 Å². The van der Waals surface area contributed by atoms with Gasteiger partial charge in [-0.25, -0.2) is 0 Å². The molecule has 5 nitrogen and oxygen atoms in total. The highest BCUT2D eigenvalue weighted by Crippen LogP contribution is 2.27. The van der Waals surface area contributed by atoms with Gasteiger partial charge in [-0.1, -0.05) is 27.7 Å². The van der Waals surface area contributed by atoms with E-state index in [9.17, 15) is 27.9 Å². The second-order valence-electron chi connectivity index (χ2n) is 6.47. The molecule has 23 heavy (non-hydrogen) atoms. The van der Waals surface area contributed by atoms with Gasteiger partial charge in [0.1, 0.15) is 11.3 Å². The molecule has 130 valence electrons. The van der Waals surface area contributed by atoms with Crippen molar-refractivity contribution in [1.29, 1.82) is 0 Å². The largest absolute Gasteiger partial charge is 0.431 e. The van der Waals surface area contributed by atoms with Crippen LogP contribution in [0, 0.1) is 11.3 Å². The van der Waals surface area contributed by atoms with Crippen molar-refractivity contribution in [1.82, 2.24) is 10.3 Å². The second kappa shape index (κ2) is 6.74. The molecule has 8 heteroatoms. The first kappa shape index (κ1) is 19.2. The Labute approximate surface area is 131 Å². The molecule has 0 fully saturated rings. The van der Waals surface area contributed by atoms with Gasteiger partial charge < -0.3 is 15.4 Å². The van der Waals surface area contributed by atoms with Gasteiger partial charge in [0.2, 0.25) is 0 Å². The maximum atomic E-state index is 12.5. The highest BCUT2D eigenvalue weighted by molar-refractivity contribution is 5.93. The van der Waals surface area contributed by atoms with E-state index in [0.29, 0.717) is 6.07 Å². The highest BCUT2D eigenvalue weighted by atomic mass is 19.4. The molecule has 0 aliphatic heterocycles. The zero-order valence-corrected chi connectivity index (χ0v) is 13.4. The van der Waals surface area contributed by atoms with E-state index in [2.05, 4.69) is 5.32 Å². The Kier molecular flexibility index (Phi) is 5.63. The van der Waals surface area contributed by atoms with Crippen LogP contribution in [0.2, 0.25) is 0 Å². The lowest BCUT2D eigenvalue weighted by Gasteiger charge is -2.33. The number of aliphatic hydroxyl groups excluding tert-OH is 1. The Morgan fingerprint density at radius 1 is 1.30 bits per heavy atom.